The standard InChI is InChI=1S/C8H6Cl2N2O/c9-12(10)13-6-8-3-1-7(5-11)2-4-8/h1-4H,6H2. The second-order valence-electron chi connectivity index (χ2n) is 2.28. The van der Waals surface area contributed by atoms with Gasteiger partial charge in [0, 0.05) is 23.6 Å². The molecule has 0 saturated carbocycles. The van der Waals surface area contributed by atoms with E-state index in [1.165, 1.54) is 0 Å². The molecule has 3 nitrogen and oxygen atoms in total. The van der Waals surface area contributed by atoms with Gasteiger partial charge in [-0.05, 0) is 21.8 Å². The predicted octanol–water partition coefficient (Wildman–Crippen LogP) is 2.60. The molecule has 68 valence electrons. The van der Waals surface area contributed by atoms with Crippen LogP contribution in [0.3, 0.4) is 0 Å². The van der Waals surface area contributed by atoms with Crippen LogP contribution in [0.1, 0.15) is 11.1 Å². The monoisotopic (exact) mass is 216 g/mol. The van der Waals surface area contributed by atoms with Crippen molar-refractivity contribution < 1.29 is 4.84 Å². The number of hydrogen-bond donors (Lipinski definition) is 0. The Labute approximate surface area is 86.2 Å². The van der Waals surface area contributed by atoms with E-state index >= 15 is 0 Å². The maximum absolute atomic E-state index is 8.51. The molecule has 0 N–H and O–H groups in total. The zero-order valence-electron chi connectivity index (χ0n) is 6.58. The summed E-state index contributed by atoms with van der Waals surface area (Å²) in [6, 6.07) is 8.96. The molecule has 0 aliphatic carbocycles. The van der Waals surface area contributed by atoms with Gasteiger partial charge in [0.2, 0.25) is 0 Å². The molecule has 0 unspecified atom stereocenters. The Morgan fingerprint density at radius 3 is 2.38 bits per heavy atom. The minimum Gasteiger partial charge on any atom is -0.264 e. The van der Waals surface area contributed by atoms with Gasteiger partial charge in [-0.25, -0.2) is 0 Å². The molecule has 1 aromatic carbocycles. The summed E-state index contributed by atoms with van der Waals surface area (Å²) in [5, 5.41) is 8.51. The lowest BCUT2D eigenvalue weighted by molar-refractivity contribution is -0.0259. The van der Waals surface area contributed by atoms with Crippen LogP contribution in [0.2, 0.25) is 0 Å². The normalized spacial score (nSPS) is 10.0. The van der Waals surface area contributed by atoms with E-state index in [9.17, 15) is 0 Å². The van der Waals surface area contributed by atoms with Crippen molar-refractivity contribution in [2.24, 2.45) is 0 Å². The van der Waals surface area contributed by atoms with E-state index in [0.717, 1.165) is 5.56 Å². The van der Waals surface area contributed by atoms with Crippen LogP contribution >= 0.6 is 23.6 Å². The molecule has 0 aliphatic rings. The molecular formula is C8H6Cl2N2O. The lowest BCUT2D eigenvalue weighted by atomic mass is 10.2. The van der Waals surface area contributed by atoms with E-state index in [2.05, 4.69) is 0 Å². The summed E-state index contributed by atoms with van der Waals surface area (Å²) < 4.78 is 0.595. The molecule has 0 saturated heterocycles. The first-order chi connectivity index (χ1) is 6.22. The second kappa shape index (κ2) is 5.05. The van der Waals surface area contributed by atoms with Crippen molar-refractivity contribution in [3.8, 4) is 6.07 Å². The number of benzene rings is 1. The maximum atomic E-state index is 8.51. The highest BCUT2D eigenvalue weighted by molar-refractivity contribution is 6.32. The van der Waals surface area contributed by atoms with Crippen LogP contribution in [0.4, 0.5) is 0 Å². The minimum atomic E-state index is 0.276. The van der Waals surface area contributed by atoms with Crippen LogP contribution in [-0.2, 0) is 11.4 Å². The van der Waals surface area contributed by atoms with Crippen molar-refractivity contribution in [3.05, 3.63) is 35.4 Å². The van der Waals surface area contributed by atoms with Crippen LogP contribution in [-0.4, -0.2) is 4.10 Å². The Balaban J connectivity index is 2.55. The van der Waals surface area contributed by atoms with Gasteiger partial charge in [0.15, 0.2) is 0 Å². The van der Waals surface area contributed by atoms with E-state index < -0.39 is 0 Å². The first-order valence-electron chi connectivity index (χ1n) is 3.46. The van der Waals surface area contributed by atoms with Gasteiger partial charge in [0.05, 0.1) is 18.2 Å². The predicted molar refractivity (Wildman–Crippen MR) is 49.5 cm³/mol. The quantitative estimate of drug-likeness (QED) is 0.576. The smallest absolute Gasteiger partial charge is 0.0991 e. The van der Waals surface area contributed by atoms with Gasteiger partial charge in [-0.15, -0.1) is 0 Å². The summed E-state index contributed by atoms with van der Waals surface area (Å²) >= 11 is 10.4. The number of rotatable bonds is 3. The van der Waals surface area contributed by atoms with Crippen molar-refractivity contribution in [2.45, 2.75) is 6.61 Å². The fourth-order valence-electron chi connectivity index (χ4n) is 0.799. The zero-order chi connectivity index (χ0) is 9.68. The van der Waals surface area contributed by atoms with Crippen LogP contribution in [0, 0.1) is 11.3 Å². The van der Waals surface area contributed by atoms with E-state index in [-0.39, 0.29) is 6.61 Å². The third-order valence-corrected chi connectivity index (χ3v) is 1.61. The topological polar surface area (TPSA) is 36.3 Å². The number of hydrogen-bond acceptors (Lipinski definition) is 3. The Kier molecular flexibility index (Phi) is 4.00. The summed E-state index contributed by atoms with van der Waals surface area (Å²) in [5.41, 5.74) is 1.50. The summed E-state index contributed by atoms with van der Waals surface area (Å²) in [6.07, 6.45) is 0. The third-order valence-electron chi connectivity index (χ3n) is 1.41. The average Bonchev–Trinajstić information content (AvgIpc) is 2.15. The molecule has 0 atom stereocenters. The van der Waals surface area contributed by atoms with Gasteiger partial charge in [-0.2, -0.15) is 5.26 Å². The van der Waals surface area contributed by atoms with Gasteiger partial charge >= 0.3 is 0 Å². The molecule has 0 aliphatic heterocycles. The molecule has 13 heavy (non-hydrogen) atoms. The number of nitrogens with zero attached hydrogens (tertiary/aromatic N) is 2. The number of nitriles is 1. The molecule has 0 heterocycles. The lowest BCUT2D eigenvalue weighted by Crippen LogP contribution is -1.99. The Bertz CT molecular complexity index is 305. The van der Waals surface area contributed by atoms with Crippen molar-refractivity contribution in [1.29, 1.82) is 5.26 Å². The molecule has 0 amide bonds. The fourth-order valence-corrected chi connectivity index (χ4v) is 0.896. The van der Waals surface area contributed by atoms with E-state index in [4.69, 9.17) is 33.7 Å². The highest BCUT2D eigenvalue weighted by atomic mass is 35.5. The molecular weight excluding hydrogens is 211 g/mol. The van der Waals surface area contributed by atoms with Crippen molar-refractivity contribution in [1.82, 2.24) is 4.10 Å². The first-order valence-corrected chi connectivity index (χ1v) is 4.13. The van der Waals surface area contributed by atoms with E-state index in [0.29, 0.717) is 9.66 Å². The molecule has 5 heteroatoms. The maximum Gasteiger partial charge on any atom is 0.0991 e. The van der Waals surface area contributed by atoms with Crippen molar-refractivity contribution in [3.63, 3.8) is 0 Å². The van der Waals surface area contributed by atoms with Gasteiger partial charge in [0.1, 0.15) is 0 Å². The highest BCUT2D eigenvalue weighted by Crippen LogP contribution is 2.08. The second-order valence-corrected chi connectivity index (χ2v) is 3.07. The Morgan fingerprint density at radius 2 is 1.92 bits per heavy atom. The third kappa shape index (κ3) is 3.62. The zero-order valence-corrected chi connectivity index (χ0v) is 8.09. The minimum absolute atomic E-state index is 0.276. The van der Waals surface area contributed by atoms with E-state index in [1.807, 2.05) is 6.07 Å². The van der Waals surface area contributed by atoms with Crippen LogP contribution in [0.25, 0.3) is 0 Å². The highest BCUT2D eigenvalue weighted by Gasteiger charge is 1.97. The summed E-state index contributed by atoms with van der Waals surface area (Å²) in [4.78, 5) is 4.78. The van der Waals surface area contributed by atoms with Crippen LogP contribution in [0.5, 0.6) is 0 Å². The SMILES string of the molecule is N#Cc1ccc(CON(Cl)Cl)cc1. The molecule has 0 fully saturated rings. The molecule has 1 rings (SSSR count). The lowest BCUT2D eigenvalue weighted by Gasteiger charge is -2.04. The largest absolute Gasteiger partial charge is 0.264 e. The van der Waals surface area contributed by atoms with Crippen molar-refractivity contribution >= 4 is 23.6 Å². The molecule has 0 aromatic heterocycles. The average molecular weight is 217 g/mol. The van der Waals surface area contributed by atoms with Gasteiger partial charge < -0.3 is 0 Å². The van der Waals surface area contributed by atoms with Gasteiger partial charge in [0.25, 0.3) is 0 Å². The number of halogens is 2. The molecule has 0 spiro atoms. The van der Waals surface area contributed by atoms with Crippen LogP contribution in [0.15, 0.2) is 24.3 Å². The van der Waals surface area contributed by atoms with Crippen molar-refractivity contribution in [2.75, 3.05) is 0 Å². The Morgan fingerprint density at radius 1 is 1.31 bits per heavy atom. The Hall–Kier alpha value is -0.790. The summed E-state index contributed by atoms with van der Waals surface area (Å²) in [7, 11) is 0. The molecule has 0 bridgehead atoms. The molecule has 1 aromatic rings. The van der Waals surface area contributed by atoms with Gasteiger partial charge in [-0.3, -0.25) is 4.84 Å². The summed E-state index contributed by atoms with van der Waals surface area (Å²) in [6.45, 7) is 0.276. The summed E-state index contributed by atoms with van der Waals surface area (Å²) in [5.74, 6) is 0. The van der Waals surface area contributed by atoms with Crippen LogP contribution < -0.4 is 0 Å². The fraction of sp³-hybridized carbons (Fsp3) is 0.125. The van der Waals surface area contributed by atoms with E-state index in [1.54, 1.807) is 24.3 Å². The van der Waals surface area contributed by atoms with Gasteiger partial charge in [-0.1, -0.05) is 12.1 Å². The molecule has 0 radical (unpaired) electrons. The first kappa shape index (κ1) is 10.3.